The molecule has 0 amide bonds. The number of hydrogen-bond acceptors (Lipinski definition) is 6. The van der Waals surface area contributed by atoms with Gasteiger partial charge in [0.2, 0.25) is 0 Å². The lowest BCUT2D eigenvalue weighted by molar-refractivity contribution is -0.144. The number of halogens is 1. The first kappa shape index (κ1) is 35.4. The molecule has 228 valence electrons. The average Bonchev–Trinajstić information content (AvgIpc) is 3.04. The van der Waals surface area contributed by atoms with Gasteiger partial charge in [0.25, 0.3) is 0 Å². The average molecular weight is 648 g/mol. The van der Waals surface area contributed by atoms with E-state index in [-0.39, 0.29) is 11.9 Å². The molecule has 0 aliphatic heterocycles. The molecule has 0 heterocycles. The van der Waals surface area contributed by atoms with Gasteiger partial charge in [0, 0.05) is 26.2 Å². The molecule has 43 heavy (non-hydrogen) atoms. The van der Waals surface area contributed by atoms with E-state index in [1.54, 1.807) is 6.92 Å². The van der Waals surface area contributed by atoms with Crippen LogP contribution in [0, 0.1) is 0 Å². The van der Waals surface area contributed by atoms with Gasteiger partial charge in [-0.1, -0.05) is 137 Å². The molecule has 4 aromatic rings. The van der Waals surface area contributed by atoms with E-state index in [0.29, 0.717) is 25.1 Å². The van der Waals surface area contributed by atoms with Crippen molar-refractivity contribution in [1.29, 1.82) is 0 Å². The maximum Gasteiger partial charge on any atom is 0.320 e. The van der Waals surface area contributed by atoms with Crippen molar-refractivity contribution in [3.8, 4) is 0 Å². The van der Waals surface area contributed by atoms with Crippen molar-refractivity contribution in [1.82, 2.24) is 10.2 Å². The smallest absolute Gasteiger partial charge is 0.320 e. The second kappa shape index (κ2) is 22.8. The highest BCUT2D eigenvalue weighted by atomic mass is 79.9. The summed E-state index contributed by atoms with van der Waals surface area (Å²) in [6.07, 6.45) is 0. The molecule has 0 fully saturated rings. The van der Waals surface area contributed by atoms with Gasteiger partial charge in [0.15, 0.2) is 0 Å². The first-order chi connectivity index (χ1) is 21.0. The molecule has 0 aliphatic rings. The Kier molecular flexibility index (Phi) is 18.8. The Labute approximate surface area is 265 Å². The number of nitrogens with zero attached hydrogens (tertiary/aromatic N) is 1. The van der Waals surface area contributed by atoms with E-state index in [4.69, 9.17) is 4.74 Å². The van der Waals surface area contributed by atoms with Crippen molar-refractivity contribution in [2.75, 3.05) is 25.1 Å². The van der Waals surface area contributed by atoms with Gasteiger partial charge in [-0.25, -0.2) is 0 Å². The maximum atomic E-state index is 11.8. The quantitative estimate of drug-likeness (QED) is 0.123. The van der Waals surface area contributed by atoms with Crippen molar-refractivity contribution < 1.29 is 19.1 Å². The minimum Gasteiger partial charge on any atom is -0.465 e. The van der Waals surface area contributed by atoms with Crippen LogP contribution in [0.25, 0.3) is 0 Å². The minimum absolute atomic E-state index is 0.177. The molecule has 4 rings (SSSR count). The van der Waals surface area contributed by atoms with Crippen molar-refractivity contribution in [2.45, 2.75) is 40.0 Å². The predicted octanol–water partition coefficient (Wildman–Crippen LogP) is 7.17. The van der Waals surface area contributed by atoms with E-state index in [1.165, 1.54) is 22.3 Å². The van der Waals surface area contributed by atoms with Crippen LogP contribution < -0.4 is 5.32 Å². The van der Waals surface area contributed by atoms with Crippen LogP contribution >= 0.6 is 15.9 Å². The van der Waals surface area contributed by atoms with Crippen LogP contribution in [0.3, 0.4) is 0 Å². The number of carbonyl (C=O) groups is 2. The van der Waals surface area contributed by atoms with E-state index >= 15 is 0 Å². The third kappa shape index (κ3) is 17.1. The molecular weight excluding hydrogens is 604 g/mol. The molecule has 6 nitrogen and oxygen atoms in total. The molecule has 0 spiro atoms. The predicted molar refractivity (Wildman–Crippen MR) is 177 cm³/mol. The summed E-state index contributed by atoms with van der Waals surface area (Å²) >= 11 is 2.94. The van der Waals surface area contributed by atoms with E-state index in [9.17, 15) is 9.59 Å². The zero-order chi connectivity index (χ0) is 31.0. The molecule has 0 radical (unpaired) electrons. The molecule has 7 heteroatoms. The summed E-state index contributed by atoms with van der Waals surface area (Å²) in [7, 11) is 0. The largest absolute Gasteiger partial charge is 0.465 e. The highest BCUT2D eigenvalue weighted by molar-refractivity contribution is 9.09. The van der Waals surface area contributed by atoms with Crippen LogP contribution in [0.5, 0.6) is 0 Å². The number of hydrogen-bond donors (Lipinski definition) is 1. The zero-order valence-electron chi connectivity index (χ0n) is 25.2. The van der Waals surface area contributed by atoms with Gasteiger partial charge in [-0.05, 0) is 36.1 Å². The molecule has 0 atom stereocenters. The fourth-order valence-corrected chi connectivity index (χ4v) is 4.14. The van der Waals surface area contributed by atoms with Gasteiger partial charge in [0.1, 0.15) is 5.33 Å². The van der Waals surface area contributed by atoms with Gasteiger partial charge < -0.3 is 14.8 Å². The maximum absolute atomic E-state index is 11.8. The molecule has 0 saturated heterocycles. The number of esters is 2. The van der Waals surface area contributed by atoms with Crippen LogP contribution in [0.15, 0.2) is 121 Å². The number of ether oxygens (including phenoxy) is 2. The summed E-state index contributed by atoms with van der Waals surface area (Å²) < 4.78 is 9.57. The molecule has 0 aliphatic carbocycles. The molecule has 0 unspecified atom stereocenters. The summed E-state index contributed by atoms with van der Waals surface area (Å²) in [5.41, 5.74) is 5.04. The standard InChI is InChI=1S/C18H21NO2.C14H15N.C4H7BrO2/c1-2-21-18(20)15-19(13-16-9-5-3-6-10-16)14-17-11-7-4-8-12-17;1-3-7-13(8-4-1)11-15-12-14-9-5-2-6-10-14;1-2-7-4(6)3-5/h3-12H,2,13-15H2,1H3;1-10,15H,11-12H2;2-3H2,1H3. The highest BCUT2D eigenvalue weighted by Gasteiger charge is 2.12. The Bertz CT molecular complexity index is 1180. The molecule has 0 saturated carbocycles. The summed E-state index contributed by atoms with van der Waals surface area (Å²) in [5.74, 6) is -0.383. The monoisotopic (exact) mass is 646 g/mol. The number of alkyl halides is 1. The van der Waals surface area contributed by atoms with Crippen LogP contribution in [0.2, 0.25) is 0 Å². The van der Waals surface area contributed by atoms with E-state index in [1.807, 2.05) is 55.5 Å². The Morgan fingerprint density at radius 2 is 0.930 bits per heavy atom. The Hall–Kier alpha value is -3.78. The highest BCUT2D eigenvalue weighted by Crippen LogP contribution is 2.10. The molecule has 0 bridgehead atoms. The van der Waals surface area contributed by atoms with E-state index in [2.05, 4.69) is 104 Å². The SMILES string of the molecule is CCOC(=O)CBr.CCOC(=O)CN(Cc1ccccc1)Cc1ccccc1.c1ccc(CNCc2ccccc2)cc1. The van der Waals surface area contributed by atoms with Gasteiger partial charge >= 0.3 is 11.9 Å². The Morgan fingerprint density at radius 1 is 0.581 bits per heavy atom. The molecule has 1 N–H and O–H groups in total. The Balaban J connectivity index is 0.000000255. The van der Waals surface area contributed by atoms with Crippen molar-refractivity contribution in [2.24, 2.45) is 0 Å². The van der Waals surface area contributed by atoms with Crippen molar-refractivity contribution in [3.63, 3.8) is 0 Å². The summed E-state index contributed by atoms with van der Waals surface area (Å²) in [5, 5.41) is 3.71. The van der Waals surface area contributed by atoms with Crippen molar-refractivity contribution in [3.05, 3.63) is 144 Å². The number of nitrogens with one attached hydrogen (secondary N) is 1. The summed E-state index contributed by atoms with van der Waals surface area (Å²) in [6.45, 7) is 8.11. The lowest BCUT2D eigenvalue weighted by atomic mass is 10.1. The van der Waals surface area contributed by atoms with Gasteiger partial charge in [-0.15, -0.1) is 0 Å². The first-order valence-corrected chi connectivity index (χ1v) is 15.6. The lowest BCUT2D eigenvalue weighted by Crippen LogP contribution is -2.30. The molecule has 4 aromatic carbocycles. The van der Waals surface area contributed by atoms with Gasteiger partial charge in [0.05, 0.1) is 19.8 Å². The summed E-state index contributed by atoms with van der Waals surface area (Å²) in [6, 6.07) is 41.2. The third-order valence-corrected chi connectivity index (χ3v) is 6.37. The zero-order valence-corrected chi connectivity index (χ0v) is 26.7. The van der Waals surface area contributed by atoms with Gasteiger partial charge in [-0.3, -0.25) is 14.5 Å². The number of rotatable bonds is 13. The lowest BCUT2D eigenvalue weighted by Gasteiger charge is -2.21. The van der Waals surface area contributed by atoms with Crippen LogP contribution in [0.4, 0.5) is 0 Å². The summed E-state index contributed by atoms with van der Waals surface area (Å²) in [4.78, 5) is 24.0. The fraction of sp³-hybridized carbons (Fsp3) is 0.278. The molecular formula is C36H43BrN2O4. The normalized spacial score (nSPS) is 10.0. The number of benzene rings is 4. The van der Waals surface area contributed by atoms with Gasteiger partial charge in [-0.2, -0.15) is 0 Å². The van der Waals surface area contributed by atoms with Crippen LogP contribution in [-0.4, -0.2) is 41.9 Å². The Morgan fingerprint density at radius 3 is 1.26 bits per heavy atom. The van der Waals surface area contributed by atoms with Crippen LogP contribution in [0.1, 0.15) is 36.1 Å². The van der Waals surface area contributed by atoms with E-state index in [0.717, 1.165) is 26.2 Å². The third-order valence-electron chi connectivity index (χ3n) is 5.91. The molecule has 0 aromatic heterocycles. The van der Waals surface area contributed by atoms with Crippen LogP contribution in [-0.2, 0) is 45.2 Å². The first-order valence-electron chi connectivity index (χ1n) is 14.5. The van der Waals surface area contributed by atoms with E-state index < -0.39 is 0 Å². The minimum atomic E-state index is -0.206. The van der Waals surface area contributed by atoms with Crippen molar-refractivity contribution >= 4 is 27.9 Å². The second-order valence-corrected chi connectivity index (χ2v) is 10.00. The topological polar surface area (TPSA) is 67.9 Å². The second-order valence-electron chi connectivity index (χ2n) is 9.43. The fourth-order valence-electron chi connectivity index (χ4n) is 3.98. The number of carbonyl (C=O) groups excluding carboxylic acids is 2.